The van der Waals surface area contributed by atoms with E-state index in [1.165, 1.54) is 38.2 Å². The molecule has 324 valence electrons. The van der Waals surface area contributed by atoms with Crippen LogP contribution in [0.2, 0.25) is 0 Å². The van der Waals surface area contributed by atoms with E-state index in [0.717, 1.165) is 11.1 Å². The lowest BCUT2D eigenvalue weighted by Gasteiger charge is -2.41. The summed E-state index contributed by atoms with van der Waals surface area (Å²) in [6.07, 6.45) is 1.25. The number of amides is 2. The van der Waals surface area contributed by atoms with Crippen LogP contribution in [-0.4, -0.2) is 93.6 Å². The number of ketones is 1. The van der Waals surface area contributed by atoms with Crippen LogP contribution >= 0.6 is 0 Å². The van der Waals surface area contributed by atoms with Crippen molar-refractivity contribution in [2.75, 3.05) is 48.1 Å². The minimum absolute atomic E-state index is 0.0913. The summed E-state index contributed by atoms with van der Waals surface area (Å²) in [5, 5.41) is 0. The van der Waals surface area contributed by atoms with E-state index in [9.17, 15) is 14.4 Å². The molecule has 0 aliphatic carbocycles. The highest BCUT2D eigenvalue weighted by Gasteiger charge is 2.45. The molecule has 1 aliphatic rings. The molecule has 0 N–H and O–H groups in total. The number of carbonyl (C=O) groups is 4. The quantitative estimate of drug-likeness (QED) is 0.0711. The number of hydrogen-bond acceptors (Lipinski definition) is 11. The van der Waals surface area contributed by atoms with Crippen LogP contribution < -0.4 is 23.7 Å². The molecule has 61 heavy (non-hydrogen) atoms. The molecule has 4 aromatic rings. The number of carbonyl (C=O) groups excluding carboxylic acids is 4. The summed E-state index contributed by atoms with van der Waals surface area (Å²) in [6, 6.07) is 18.4. The second-order valence-electron chi connectivity index (χ2n) is 15.6. The van der Waals surface area contributed by atoms with E-state index < -0.39 is 42.0 Å². The highest BCUT2D eigenvalue weighted by atomic mass is 16.6. The van der Waals surface area contributed by atoms with Gasteiger partial charge in [0, 0.05) is 24.6 Å². The van der Waals surface area contributed by atoms with Crippen molar-refractivity contribution < 1.29 is 52.3 Å². The summed E-state index contributed by atoms with van der Waals surface area (Å²) in [7, 11) is 5.88. The SMILES string of the molecule is C=CCOc1c(C)c(OC)c(OC)c2c1C(=O)CN(C(=O)C(Cc1cc(C)c(OC)c(OCc3ccccc3)c1C=O)N(C)C(=O)OC(C)(C)C)[C@H]2COCc1ccccc1. The van der Waals surface area contributed by atoms with E-state index >= 15 is 4.79 Å². The number of benzene rings is 4. The lowest BCUT2D eigenvalue weighted by atomic mass is 9.86. The second-order valence-corrected chi connectivity index (χ2v) is 15.6. The van der Waals surface area contributed by atoms with Crippen molar-refractivity contribution in [2.24, 2.45) is 0 Å². The Balaban J connectivity index is 1.68. The van der Waals surface area contributed by atoms with Gasteiger partial charge in [0.15, 0.2) is 35.1 Å². The molecule has 0 saturated carbocycles. The Morgan fingerprint density at radius 3 is 2.03 bits per heavy atom. The first-order valence-corrected chi connectivity index (χ1v) is 19.9. The average molecular weight is 837 g/mol. The maximum atomic E-state index is 15.5. The van der Waals surface area contributed by atoms with Crippen molar-refractivity contribution in [3.8, 4) is 28.7 Å². The third kappa shape index (κ3) is 10.3. The van der Waals surface area contributed by atoms with Crippen LogP contribution in [0.1, 0.15) is 80.9 Å². The van der Waals surface area contributed by atoms with Gasteiger partial charge in [-0.15, -0.1) is 0 Å². The first-order valence-electron chi connectivity index (χ1n) is 19.9. The Kier molecular flexibility index (Phi) is 15.2. The number of likely N-dealkylation sites (N-methyl/N-ethyl adjacent to an activating group) is 1. The Hall–Kier alpha value is -6.34. The molecule has 0 spiro atoms. The molecule has 1 heterocycles. The smallest absolute Gasteiger partial charge is 0.410 e. The summed E-state index contributed by atoms with van der Waals surface area (Å²) in [5.74, 6) is 0.299. The number of fused-ring (bicyclic) bond motifs is 1. The molecule has 0 fully saturated rings. The van der Waals surface area contributed by atoms with E-state index in [-0.39, 0.29) is 61.2 Å². The highest BCUT2D eigenvalue weighted by molar-refractivity contribution is 6.07. The van der Waals surface area contributed by atoms with Crippen LogP contribution in [-0.2, 0) is 33.9 Å². The van der Waals surface area contributed by atoms with Gasteiger partial charge in [0.05, 0.1) is 58.3 Å². The summed E-state index contributed by atoms with van der Waals surface area (Å²) in [6.45, 7) is 12.4. The van der Waals surface area contributed by atoms with Gasteiger partial charge < -0.3 is 38.1 Å². The lowest BCUT2D eigenvalue weighted by molar-refractivity contribution is -0.140. The number of nitrogens with zero attached hydrogens (tertiary/aromatic N) is 2. The fourth-order valence-corrected chi connectivity index (χ4v) is 7.48. The van der Waals surface area contributed by atoms with Crippen LogP contribution in [0, 0.1) is 13.8 Å². The number of rotatable bonds is 18. The topological polar surface area (TPSA) is 139 Å². The summed E-state index contributed by atoms with van der Waals surface area (Å²) < 4.78 is 42.1. The number of ether oxygens (including phenoxy) is 7. The molecule has 2 atom stereocenters. The second kappa shape index (κ2) is 20.3. The van der Waals surface area contributed by atoms with Gasteiger partial charge >= 0.3 is 6.09 Å². The van der Waals surface area contributed by atoms with Crippen LogP contribution in [0.3, 0.4) is 0 Å². The molecule has 4 aromatic carbocycles. The fourth-order valence-electron chi connectivity index (χ4n) is 7.48. The predicted molar refractivity (Wildman–Crippen MR) is 230 cm³/mol. The van der Waals surface area contributed by atoms with E-state index in [4.69, 9.17) is 33.2 Å². The van der Waals surface area contributed by atoms with Crippen molar-refractivity contribution in [1.29, 1.82) is 0 Å². The number of hydrogen-bond donors (Lipinski definition) is 0. The van der Waals surface area contributed by atoms with Crippen molar-refractivity contribution in [3.05, 3.63) is 124 Å². The van der Waals surface area contributed by atoms with Crippen LogP contribution in [0.25, 0.3) is 0 Å². The zero-order valence-electron chi connectivity index (χ0n) is 36.5. The molecule has 0 bridgehead atoms. The molecule has 1 aliphatic heterocycles. The van der Waals surface area contributed by atoms with Crippen LogP contribution in [0.4, 0.5) is 4.79 Å². The highest BCUT2D eigenvalue weighted by Crippen LogP contribution is 2.50. The van der Waals surface area contributed by atoms with Crippen molar-refractivity contribution in [1.82, 2.24) is 9.80 Å². The minimum atomic E-state index is -1.32. The first-order chi connectivity index (χ1) is 29.2. The summed E-state index contributed by atoms with van der Waals surface area (Å²) in [5.41, 5.74) is 3.08. The van der Waals surface area contributed by atoms with Gasteiger partial charge in [-0.3, -0.25) is 19.3 Å². The van der Waals surface area contributed by atoms with Crippen molar-refractivity contribution in [2.45, 2.75) is 71.9 Å². The first kappa shape index (κ1) is 45.7. The van der Waals surface area contributed by atoms with E-state index in [1.54, 1.807) is 46.8 Å². The molecule has 0 saturated heterocycles. The standard InChI is InChI=1S/C48H56N2O11/c1-11-22-59-42-31(3)43(56-9)45(57-10)39-37(29-58-27-32-18-14-12-15-19-32)50(25-38(52)40(39)42)46(53)36(49(7)47(54)61-48(4,5)6)24-34-23-30(2)41(55-8)44(35(34)26-51)60-28-33-20-16-13-17-21-33/h11-21,23,26,36-37H,1,22,24-25,27-29H2,2-10H3/t36?,37-/m0/s1. The molecule has 5 rings (SSSR count). The minimum Gasteiger partial charge on any atom is -0.493 e. The zero-order chi connectivity index (χ0) is 44.4. The molecule has 1 unspecified atom stereocenters. The van der Waals surface area contributed by atoms with Crippen LogP contribution in [0.5, 0.6) is 28.7 Å². The van der Waals surface area contributed by atoms with Gasteiger partial charge in [-0.2, -0.15) is 0 Å². The third-order valence-electron chi connectivity index (χ3n) is 10.3. The molecule has 0 radical (unpaired) electrons. The number of Topliss-reactive ketones (excluding diaryl/α,β-unsaturated/α-hetero) is 1. The maximum Gasteiger partial charge on any atom is 0.410 e. The number of methoxy groups -OCH3 is 3. The largest absolute Gasteiger partial charge is 0.493 e. The average Bonchev–Trinajstić information content (AvgIpc) is 3.24. The van der Waals surface area contributed by atoms with E-state index in [1.807, 2.05) is 60.7 Å². The van der Waals surface area contributed by atoms with Gasteiger partial charge in [-0.05, 0) is 56.9 Å². The van der Waals surface area contributed by atoms with Gasteiger partial charge in [-0.25, -0.2) is 4.79 Å². The van der Waals surface area contributed by atoms with Crippen molar-refractivity contribution in [3.63, 3.8) is 0 Å². The normalized spacial score (nSPS) is 14.0. The molecule has 0 aromatic heterocycles. The summed E-state index contributed by atoms with van der Waals surface area (Å²) in [4.78, 5) is 59.6. The Morgan fingerprint density at radius 2 is 1.48 bits per heavy atom. The van der Waals surface area contributed by atoms with Gasteiger partial charge in [0.2, 0.25) is 5.91 Å². The molecule has 2 amide bonds. The lowest BCUT2D eigenvalue weighted by Crippen LogP contribution is -2.55. The fraction of sp³-hybridized carbons (Fsp3) is 0.375. The van der Waals surface area contributed by atoms with Gasteiger partial charge in [0.1, 0.15) is 30.6 Å². The monoisotopic (exact) mass is 836 g/mol. The van der Waals surface area contributed by atoms with E-state index in [0.29, 0.717) is 40.0 Å². The van der Waals surface area contributed by atoms with E-state index in [2.05, 4.69) is 6.58 Å². The third-order valence-corrected chi connectivity index (χ3v) is 10.3. The Labute approximate surface area is 358 Å². The zero-order valence-corrected chi connectivity index (χ0v) is 36.5. The summed E-state index contributed by atoms with van der Waals surface area (Å²) >= 11 is 0. The Morgan fingerprint density at radius 1 is 0.869 bits per heavy atom. The molecule has 13 nitrogen and oxygen atoms in total. The molecular formula is C48H56N2O11. The van der Waals surface area contributed by atoms with Crippen molar-refractivity contribution >= 4 is 24.1 Å². The number of aldehydes is 1. The predicted octanol–water partition coefficient (Wildman–Crippen LogP) is 8.05. The molecular weight excluding hydrogens is 781 g/mol. The number of aryl methyl sites for hydroxylation is 1. The van der Waals surface area contributed by atoms with Gasteiger partial charge in [0.25, 0.3) is 0 Å². The van der Waals surface area contributed by atoms with Crippen LogP contribution in [0.15, 0.2) is 79.4 Å². The maximum absolute atomic E-state index is 15.5. The molecule has 13 heteroatoms. The Bertz CT molecular complexity index is 2220. The van der Waals surface area contributed by atoms with Gasteiger partial charge in [-0.1, -0.05) is 79.4 Å².